The highest BCUT2D eigenvalue weighted by atomic mass is 16.5. The molecule has 0 spiro atoms. The van der Waals surface area contributed by atoms with Gasteiger partial charge < -0.3 is 14.2 Å². The predicted octanol–water partition coefficient (Wildman–Crippen LogP) is 4.13. The number of hydrazone groups is 1. The normalized spacial score (nSPS) is 11.1. The van der Waals surface area contributed by atoms with Crippen molar-refractivity contribution >= 4 is 12.1 Å². The monoisotopic (exact) mass is 384 g/mol. The first-order valence-electron chi connectivity index (χ1n) is 9.29. The topological polar surface area (TPSA) is 69.2 Å². The summed E-state index contributed by atoms with van der Waals surface area (Å²) in [5, 5.41) is 3.98. The lowest BCUT2D eigenvalue weighted by atomic mass is 10.0. The number of carbonyl (C=O) groups excluding carboxylic acids is 1. The molecule has 0 aliphatic heterocycles. The molecule has 0 unspecified atom stereocenters. The number of ether oxygens (including phenoxy) is 3. The largest absolute Gasteiger partial charge is 0.493 e. The molecule has 1 N–H and O–H groups in total. The van der Waals surface area contributed by atoms with Gasteiger partial charge in [-0.2, -0.15) is 5.10 Å². The molecule has 0 heterocycles. The van der Waals surface area contributed by atoms with E-state index in [2.05, 4.69) is 24.4 Å². The Morgan fingerprint density at radius 3 is 2.50 bits per heavy atom. The highest BCUT2D eigenvalue weighted by Crippen LogP contribution is 2.28. The van der Waals surface area contributed by atoms with Crippen LogP contribution in [0.5, 0.6) is 17.2 Å². The van der Waals surface area contributed by atoms with Gasteiger partial charge in [0.05, 0.1) is 19.4 Å². The van der Waals surface area contributed by atoms with Gasteiger partial charge >= 0.3 is 0 Å². The summed E-state index contributed by atoms with van der Waals surface area (Å²) in [6.07, 6.45) is 1.59. The molecule has 2 aromatic rings. The third-order valence-electron chi connectivity index (χ3n) is 3.85. The van der Waals surface area contributed by atoms with E-state index in [1.807, 2.05) is 50.2 Å². The van der Waals surface area contributed by atoms with E-state index >= 15 is 0 Å². The maximum Gasteiger partial charge on any atom is 0.277 e. The van der Waals surface area contributed by atoms with E-state index in [9.17, 15) is 4.79 Å². The third kappa shape index (κ3) is 6.30. The molecule has 0 aliphatic carbocycles. The molecule has 0 saturated heterocycles. The van der Waals surface area contributed by atoms with Crippen LogP contribution >= 0.6 is 0 Å². The highest BCUT2D eigenvalue weighted by Gasteiger charge is 2.09. The number of rotatable bonds is 9. The maximum atomic E-state index is 12.0. The van der Waals surface area contributed by atoms with Crippen molar-refractivity contribution in [2.24, 2.45) is 5.10 Å². The fourth-order valence-electron chi connectivity index (χ4n) is 2.56. The fraction of sp³-hybridized carbons (Fsp3) is 0.364. The van der Waals surface area contributed by atoms with Gasteiger partial charge in [0.25, 0.3) is 5.91 Å². The van der Waals surface area contributed by atoms with E-state index in [1.165, 1.54) is 0 Å². The second-order valence-electron chi connectivity index (χ2n) is 6.85. The van der Waals surface area contributed by atoms with Gasteiger partial charge in [0.15, 0.2) is 18.1 Å². The molecule has 2 rings (SSSR count). The second-order valence-corrected chi connectivity index (χ2v) is 6.85. The molecule has 0 atom stereocenters. The van der Waals surface area contributed by atoms with Gasteiger partial charge in [-0.25, -0.2) is 5.43 Å². The summed E-state index contributed by atoms with van der Waals surface area (Å²) >= 11 is 0. The predicted molar refractivity (Wildman–Crippen MR) is 111 cm³/mol. The van der Waals surface area contributed by atoms with Gasteiger partial charge in [0.2, 0.25) is 0 Å². The fourth-order valence-corrected chi connectivity index (χ4v) is 2.56. The summed E-state index contributed by atoms with van der Waals surface area (Å²) in [6, 6.07) is 13.1. The van der Waals surface area contributed by atoms with Crippen LogP contribution in [0, 0.1) is 0 Å². The average molecular weight is 384 g/mol. The summed E-state index contributed by atoms with van der Waals surface area (Å²) in [6.45, 7) is 7.96. The summed E-state index contributed by atoms with van der Waals surface area (Å²) in [4.78, 5) is 12.0. The first-order chi connectivity index (χ1) is 13.4. The first kappa shape index (κ1) is 21.3. The molecule has 6 nitrogen and oxygen atoms in total. The molecule has 0 bridgehead atoms. The van der Waals surface area contributed by atoms with Crippen molar-refractivity contribution in [2.75, 3.05) is 13.7 Å². The Labute approximate surface area is 166 Å². The number of nitrogens with zero attached hydrogens (tertiary/aromatic N) is 1. The lowest BCUT2D eigenvalue weighted by Gasteiger charge is -2.13. The molecule has 150 valence electrons. The summed E-state index contributed by atoms with van der Waals surface area (Å²) < 4.78 is 16.6. The average Bonchev–Trinajstić information content (AvgIpc) is 2.67. The van der Waals surface area contributed by atoms with Crippen LogP contribution < -0.4 is 19.6 Å². The minimum atomic E-state index is -0.332. The van der Waals surface area contributed by atoms with Crippen molar-refractivity contribution in [2.45, 2.75) is 39.7 Å². The Balaban J connectivity index is 1.91. The van der Waals surface area contributed by atoms with Crippen molar-refractivity contribution in [3.8, 4) is 17.2 Å². The van der Waals surface area contributed by atoms with Crippen LogP contribution in [0.15, 0.2) is 47.6 Å². The van der Waals surface area contributed by atoms with Crippen LogP contribution in [0.1, 0.15) is 44.7 Å². The number of methoxy groups -OCH3 is 1. The Kier molecular flexibility index (Phi) is 7.87. The van der Waals surface area contributed by atoms with Gasteiger partial charge in [0, 0.05) is 0 Å². The van der Waals surface area contributed by atoms with E-state index in [0.717, 1.165) is 11.1 Å². The number of benzene rings is 2. The van der Waals surface area contributed by atoms with E-state index in [-0.39, 0.29) is 18.6 Å². The number of carbonyl (C=O) groups is 1. The van der Waals surface area contributed by atoms with E-state index < -0.39 is 0 Å². The Morgan fingerprint density at radius 2 is 1.82 bits per heavy atom. The molecule has 0 aromatic heterocycles. The first-order valence-corrected chi connectivity index (χ1v) is 9.29. The van der Waals surface area contributed by atoms with Gasteiger partial charge in [-0.1, -0.05) is 32.0 Å². The zero-order valence-corrected chi connectivity index (χ0v) is 17.1. The molecule has 28 heavy (non-hydrogen) atoms. The number of nitrogens with one attached hydrogen (secondary N) is 1. The lowest BCUT2D eigenvalue weighted by Crippen LogP contribution is -2.24. The van der Waals surface area contributed by atoms with Gasteiger partial charge in [-0.3, -0.25) is 4.79 Å². The van der Waals surface area contributed by atoms with E-state index in [4.69, 9.17) is 14.2 Å². The van der Waals surface area contributed by atoms with E-state index in [0.29, 0.717) is 23.2 Å². The molecule has 0 aliphatic rings. The van der Waals surface area contributed by atoms with Crippen LogP contribution in [-0.4, -0.2) is 31.9 Å². The molecule has 0 radical (unpaired) electrons. The van der Waals surface area contributed by atoms with Crippen LogP contribution in [0.2, 0.25) is 0 Å². The van der Waals surface area contributed by atoms with E-state index in [1.54, 1.807) is 19.4 Å². The van der Waals surface area contributed by atoms with Gasteiger partial charge in [-0.05, 0) is 55.2 Å². The van der Waals surface area contributed by atoms with Crippen LogP contribution in [0.3, 0.4) is 0 Å². The zero-order valence-electron chi connectivity index (χ0n) is 17.1. The minimum Gasteiger partial charge on any atom is -0.493 e. The van der Waals surface area contributed by atoms with Crippen LogP contribution in [0.25, 0.3) is 0 Å². The SMILES string of the molecule is COc1cc(/C=N/NC(=O)COc2ccccc2C(C)C)ccc1OC(C)C. The summed E-state index contributed by atoms with van der Waals surface area (Å²) in [7, 11) is 1.58. The van der Waals surface area contributed by atoms with Crippen molar-refractivity contribution in [1.29, 1.82) is 0 Å². The van der Waals surface area contributed by atoms with Crippen molar-refractivity contribution in [3.05, 3.63) is 53.6 Å². The molecule has 2 aromatic carbocycles. The number of para-hydroxylation sites is 1. The quantitative estimate of drug-likeness (QED) is 0.521. The minimum absolute atomic E-state index is 0.0496. The van der Waals surface area contributed by atoms with Gasteiger partial charge in [0.1, 0.15) is 5.75 Å². The number of hydrogen-bond donors (Lipinski definition) is 1. The third-order valence-corrected chi connectivity index (χ3v) is 3.85. The van der Waals surface area contributed by atoms with Crippen LogP contribution in [0.4, 0.5) is 0 Å². The van der Waals surface area contributed by atoms with Crippen molar-refractivity contribution in [3.63, 3.8) is 0 Å². The second kappa shape index (κ2) is 10.3. The highest BCUT2D eigenvalue weighted by molar-refractivity contribution is 5.83. The van der Waals surface area contributed by atoms with Crippen molar-refractivity contribution in [1.82, 2.24) is 5.43 Å². The van der Waals surface area contributed by atoms with Gasteiger partial charge in [-0.15, -0.1) is 0 Å². The lowest BCUT2D eigenvalue weighted by molar-refractivity contribution is -0.123. The standard InChI is InChI=1S/C22H28N2O4/c1-15(2)18-8-6-7-9-19(18)27-14-22(25)24-23-13-17-10-11-20(28-16(3)4)21(12-17)26-5/h6-13,15-16H,14H2,1-5H3,(H,24,25)/b23-13+. The molecular weight excluding hydrogens is 356 g/mol. The molecule has 0 saturated carbocycles. The Hall–Kier alpha value is -3.02. The smallest absolute Gasteiger partial charge is 0.277 e. The maximum absolute atomic E-state index is 12.0. The number of hydrogen-bond acceptors (Lipinski definition) is 5. The Bertz CT molecular complexity index is 816. The molecule has 1 amide bonds. The summed E-state index contributed by atoms with van der Waals surface area (Å²) in [5.41, 5.74) is 4.31. The number of amides is 1. The van der Waals surface area contributed by atoms with Crippen molar-refractivity contribution < 1.29 is 19.0 Å². The summed E-state index contributed by atoms with van der Waals surface area (Å²) in [5.74, 6) is 1.96. The molecule has 0 fully saturated rings. The molecule has 6 heteroatoms. The zero-order chi connectivity index (χ0) is 20.5. The molecular formula is C22H28N2O4. The van der Waals surface area contributed by atoms with Crippen LogP contribution in [-0.2, 0) is 4.79 Å². The Morgan fingerprint density at radius 1 is 1.07 bits per heavy atom.